The Hall–Kier alpha value is -2.95. The average Bonchev–Trinajstić information content (AvgIpc) is 3.04. The molecule has 1 fully saturated rings. The lowest BCUT2D eigenvalue weighted by molar-refractivity contribution is -0.115. The van der Waals surface area contributed by atoms with Gasteiger partial charge in [0.15, 0.2) is 0 Å². The lowest BCUT2D eigenvalue weighted by Crippen LogP contribution is -2.52. The fourth-order valence-corrected chi connectivity index (χ4v) is 3.97. The third kappa shape index (κ3) is 3.82. The number of piperidine rings is 1. The van der Waals surface area contributed by atoms with Crippen molar-refractivity contribution in [3.63, 3.8) is 0 Å². The first-order valence-corrected chi connectivity index (χ1v) is 10.2. The Morgan fingerprint density at radius 3 is 2.21 bits per heavy atom. The number of amides is 2. The van der Waals surface area contributed by atoms with Crippen LogP contribution in [-0.4, -0.2) is 41.2 Å². The van der Waals surface area contributed by atoms with E-state index in [-0.39, 0.29) is 17.2 Å². The minimum Gasteiger partial charge on any atom is -0.338 e. The summed E-state index contributed by atoms with van der Waals surface area (Å²) in [4.78, 5) is 32.0. The molecular formula is C24H27N3O2. The molecular weight excluding hydrogens is 362 g/mol. The lowest BCUT2D eigenvalue weighted by Gasteiger charge is -2.37. The van der Waals surface area contributed by atoms with Gasteiger partial charge in [-0.25, -0.2) is 0 Å². The molecule has 4 rings (SSSR count). The van der Waals surface area contributed by atoms with Gasteiger partial charge in [-0.1, -0.05) is 63.2 Å². The van der Waals surface area contributed by atoms with Crippen LogP contribution in [0.1, 0.15) is 55.1 Å². The van der Waals surface area contributed by atoms with Crippen LogP contribution in [0.5, 0.6) is 0 Å². The number of benzene rings is 2. The van der Waals surface area contributed by atoms with E-state index < -0.39 is 5.66 Å². The first-order valence-electron chi connectivity index (χ1n) is 10.2. The monoisotopic (exact) mass is 389 g/mol. The Labute approximate surface area is 171 Å². The summed E-state index contributed by atoms with van der Waals surface area (Å²) >= 11 is 0. The fourth-order valence-electron chi connectivity index (χ4n) is 3.97. The molecule has 2 aromatic rings. The highest BCUT2D eigenvalue weighted by molar-refractivity contribution is 6.46. The normalized spacial score (nSPS) is 18.5. The van der Waals surface area contributed by atoms with Crippen LogP contribution in [0.4, 0.5) is 0 Å². The van der Waals surface area contributed by atoms with Crippen molar-refractivity contribution in [1.29, 1.82) is 0 Å². The Balaban J connectivity index is 1.49. The summed E-state index contributed by atoms with van der Waals surface area (Å²) in [5.74, 6) is -0.0944. The molecule has 0 unspecified atom stereocenters. The predicted octanol–water partition coefficient (Wildman–Crippen LogP) is 3.54. The number of aliphatic imine (C=N–C) groups is 1. The third-order valence-electron chi connectivity index (χ3n) is 5.81. The van der Waals surface area contributed by atoms with Gasteiger partial charge >= 0.3 is 0 Å². The smallest absolute Gasteiger partial charge is 0.272 e. The minimum absolute atomic E-state index is 0.0340. The van der Waals surface area contributed by atoms with Crippen molar-refractivity contribution >= 4 is 17.5 Å². The van der Waals surface area contributed by atoms with E-state index in [2.05, 4.69) is 38.2 Å². The van der Waals surface area contributed by atoms with Crippen molar-refractivity contribution in [3.05, 3.63) is 71.3 Å². The van der Waals surface area contributed by atoms with Crippen LogP contribution in [0.2, 0.25) is 0 Å². The maximum atomic E-state index is 12.7. The van der Waals surface area contributed by atoms with Gasteiger partial charge in [-0.3, -0.25) is 14.6 Å². The molecule has 1 saturated heterocycles. The highest BCUT2D eigenvalue weighted by Crippen LogP contribution is 2.30. The van der Waals surface area contributed by atoms with Crippen molar-refractivity contribution in [2.24, 2.45) is 4.99 Å². The topological polar surface area (TPSA) is 61.8 Å². The summed E-state index contributed by atoms with van der Waals surface area (Å²) in [5.41, 5.74) is 2.73. The van der Waals surface area contributed by atoms with Crippen LogP contribution < -0.4 is 5.32 Å². The molecule has 0 saturated carbocycles. The largest absolute Gasteiger partial charge is 0.338 e. The summed E-state index contributed by atoms with van der Waals surface area (Å²) in [6, 6.07) is 17.4. The van der Waals surface area contributed by atoms with Crippen molar-refractivity contribution in [1.82, 2.24) is 10.2 Å². The number of nitrogens with zero attached hydrogens (tertiary/aromatic N) is 2. The van der Waals surface area contributed by atoms with Crippen molar-refractivity contribution < 1.29 is 9.59 Å². The van der Waals surface area contributed by atoms with Gasteiger partial charge in [0, 0.05) is 37.1 Å². The zero-order chi connectivity index (χ0) is 20.6. The zero-order valence-corrected chi connectivity index (χ0v) is 17.2. The minimum atomic E-state index is -0.595. The van der Waals surface area contributed by atoms with E-state index in [0.29, 0.717) is 37.2 Å². The maximum Gasteiger partial charge on any atom is 0.272 e. The summed E-state index contributed by atoms with van der Waals surface area (Å²) in [6.07, 6.45) is 1.25. The fraction of sp³-hybridized carbons (Fsp3) is 0.375. The number of hydrogen-bond donors (Lipinski definition) is 1. The van der Waals surface area contributed by atoms with Gasteiger partial charge in [0.25, 0.3) is 11.8 Å². The van der Waals surface area contributed by atoms with Crippen LogP contribution in [0.15, 0.2) is 59.6 Å². The Morgan fingerprint density at radius 2 is 1.62 bits per heavy atom. The third-order valence-corrected chi connectivity index (χ3v) is 5.81. The van der Waals surface area contributed by atoms with Crippen LogP contribution in [0, 0.1) is 0 Å². The highest BCUT2D eigenvalue weighted by Gasteiger charge is 2.43. The molecule has 150 valence electrons. The summed E-state index contributed by atoms with van der Waals surface area (Å²) in [5, 5.41) is 3.08. The van der Waals surface area contributed by atoms with E-state index in [4.69, 9.17) is 4.99 Å². The SMILES string of the molecule is CC(C)(C)c1ccc(C2=NC3(CCN(C(=O)c4ccccc4)CC3)NC2=O)cc1. The summed E-state index contributed by atoms with van der Waals surface area (Å²) in [6.45, 7) is 7.66. The molecule has 2 aromatic carbocycles. The maximum absolute atomic E-state index is 12.7. The first kappa shape index (κ1) is 19.4. The van der Waals surface area contributed by atoms with Crippen molar-refractivity contribution in [2.75, 3.05) is 13.1 Å². The standard InChI is InChI=1S/C24H27N3O2/c1-23(2,3)19-11-9-17(10-12-19)20-21(28)26-24(25-20)13-15-27(16-14-24)22(29)18-7-5-4-6-8-18/h4-12H,13-16H2,1-3H3,(H,26,28). The van der Waals surface area contributed by atoms with Crippen LogP contribution in [0.25, 0.3) is 0 Å². The van der Waals surface area contributed by atoms with Crippen LogP contribution >= 0.6 is 0 Å². The Kier molecular flexibility index (Phi) is 4.77. The van der Waals surface area contributed by atoms with E-state index in [1.807, 2.05) is 47.4 Å². The lowest BCUT2D eigenvalue weighted by atomic mass is 9.86. The highest BCUT2D eigenvalue weighted by atomic mass is 16.2. The van der Waals surface area contributed by atoms with Gasteiger partial charge in [-0.15, -0.1) is 0 Å². The van der Waals surface area contributed by atoms with E-state index in [9.17, 15) is 9.59 Å². The van der Waals surface area contributed by atoms with Gasteiger partial charge in [0.1, 0.15) is 11.4 Å². The predicted molar refractivity (Wildman–Crippen MR) is 114 cm³/mol. The molecule has 0 radical (unpaired) electrons. The molecule has 2 aliphatic rings. The van der Waals surface area contributed by atoms with E-state index in [0.717, 1.165) is 5.56 Å². The van der Waals surface area contributed by atoms with E-state index in [1.54, 1.807) is 0 Å². The quantitative estimate of drug-likeness (QED) is 0.854. The molecule has 0 aromatic heterocycles. The van der Waals surface area contributed by atoms with Gasteiger partial charge in [-0.05, 0) is 23.1 Å². The van der Waals surface area contributed by atoms with Gasteiger partial charge in [0.05, 0.1) is 0 Å². The Morgan fingerprint density at radius 1 is 1.00 bits per heavy atom. The first-order chi connectivity index (χ1) is 13.8. The number of likely N-dealkylation sites (tertiary alicyclic amines) is 1. The number of rotatable bonds is 2. The van der Waals surface area contributed by atoms with E-state index >= 15 is 0 Å². The summed E-state index contributed by atoms with van der Waals surface area (Å²) < 4.78 is 0. The Bertz CT molecular complexity index is 948. The molecule has 5 nitrogen and oxygen atoms in total. The van der Waals surface area contributed by atoms with Gasteiger partial charge < -0.3 is 10.2 Å². The molecule has 2 heterocycles. The second-order valence-electron chi connectivity index (χ2n) is 8.93. The summed E-state index contributed by atoms with van der Waals surface area (Å²) in [7, 11) is 0. The second-order valence-corrected chi connectivity index (χ2v) is 8.93. The molecule has 1 spiro atoms. The van der Waals surface area contributed by atoms with E-state index in [1.165, 1.54) is 5.56 Å². The molecule has 0 atom stereocenters. The average molecular weight is 389 g/mol. The number of hydrogen-bond acceptors (Lipinski definition) is 3. The molecule has 2 aliphatic heterocycles. The molecule has 5 heteroatoms. The zero-order valence-electron chi connectivity index (χ0n) is 17.2. The molecule has 29 heavy (non-hydrogen) atoms. The molecule has 0 bridgehead atoms. The van der Waals surface area contributed by atoms with Crippen molar-refractivity contribution in [2.45, 2.75) is 44.7 Å². The molecule has 1 N–H and O–H groups in total. The number of nitrogens with one attached hydrogen (secondary N) is 1. The van der Waals surface area contributed by atoms with Crippen LogP contribution in [-0.2, 0) is 10.2 Å². The second kappa shape index (κ2) is 7.14. The van der Waals surface area contributed by atoms with Gasteiger partial charge in [0.2, 0.25) is 0 Å². The molecule has 2 amide bonds. The number of carbonyl (C=O) groups is 2. The van der Waals surface area contributed by atoms with Crippen LogP contribution in [0.3, 0.4) is 0 Å². The number of carbonyl (C=O) groups excluding carboxylic acids is 2. The molecule has 0 aliphatic carbocycles. The van der Waals surface area contributed by atoms with Crippen molar-refractivity contribution in [3.8, 4) is 0 Å². The van der Waals surface area contributed by atoms with Gasteiger partial charge in [-0.2, -0.15) is 0 Å².